The van der Waals surface area contributed by atoms with Gasteiger partial charge in [-0.15, -0.1) is 0 Å². The third-order valence-corrected chi connectivity index (χ3v) is 2.86. The van der Waals surface area contributed by atoms with Gasteiger partial charge in [0.15, 0.2) is 5.82 Å². The average Bonchev–Trinajstić information content (AvgIpc) is 2.82. The van der Waals surface area contributed by atoms with Crippen molar-refractivity contribution in [3.63, 3.8) is 0 Å². The first-order chi connectivity index (χ1) is 7.79. The Bertz CT molecular complexity index is 339. The van der Waals surface area contributed by atoms with Crippen molar-refractivity contribution in [3.8, 4) is 5.88 Å². The lowest BCUT2D eigenvalue weighted by Gasteiger charge is -2.22. The maximum atomic E-state index is 5.06. The van der Waals surface area contributed by atoms with Crippen molar-refractivity contribution in [1.82, 2.24) is 15.3 Å². The van der Waals surface area contributed by atoms with Gasteiger partial charge in [-0.2, -0.15) is 4.98 Å². The van der Waals surface area contributed by atoms with E-state index in [4.69, 9.17) is 4.74 Å². The monoisotopic (exact) mass is 222 g/mol. The van der Waals surface area contributed by atoms with Gasteiger partial charge in [0.05, 0.1) is 19.5 Å². The van der Waals surface area contributed by atoms with Crippen molar-refractivity contribution >= 4 is 5.82 Å². The molecule has 1 atom stereocenters. The lowest BCUT2D eigenvalue weighted by molar-refractivity contribution is 0.395. The Kier molecular flexibility index (Phi) is 3.56. The van der Waals surface area contributed by atoms with Gasteiger partial charge in [0.1, 0.15) is 0 Å². The number of ether oxygens (including phenoxy) is 1. The summed E-state index contributed by atoms with van der Waals surface area (Å²) in [6.45, 7) is 2.09. The zero-order valence-electron chi connectivity index (χ0n) is 9.81. The maximum absolute atomic E-state index is 5.06. The number of anilines is 1. The van der Waals surface area contributed by atoms with Gasteiger partial charge in [-0.25, -0.2) is 0 Å². The molecule has 2 heterocycles. The van der Waals surface area contributed by atoms with E-state index in [0.29, 0.717) is 11.9 Å². The molecule has 5 heteroatoms. The Morgan fingerprint density at radius 2 is 2.44 bits per heavy atom. The third kappa shape index (κ3) is 2.61. The van der Waals surface area contributed by atoms with E-state index in [1.807, 2.05) is 7.05 Å². The second-order valence-corrected chi connectivity index (χ2v) is 4.09. The standard InChI is InChI=1S/C11H18N4O/c1-15(8-9-4-3-5-13-9)10-6-12-7-11(14-10)16-2/h6-7,9,13H,3-5,8H2,1-2H3. The first-order valence-electron chi connectivity index (χ1n) is 5.60. The summed E-state index contributed by atoms with van der Waals surface area (Å²) in [5.74, 6) is 1.41. The fourth-order valence-corrected chi connectivity index (χ4v) is 1.96. The largest absolute Gasteiger partial charge is 0.480 e. The lowest BCUT2D eigenvalue weighted by Crippen LogP contribution is -2.35. The molecule has 88 valence electrons. The molecule has 1 aliphatic rings. The highest BCUT2D eigenvalue weighted by atomic mass is 16.5. The first kappa shape index (κ1) is 11.1. The molecule has 1 fully saturated rings. The molecule has 0 spiro atoms. The Hall–Kier alpha value is -1.36. The number of hydrogen-bond acceptors (Lipinski definition) is 5. The topological polar surface area (TPSA) is 50.3 Å². The number of nitrogens with one attached hydrogen (secondary N) is 1. The van der Waals surface area contributed by atoms with Crippen molar-refractivity contribution in [2.75, 3.05) is 32.1 Å². The second kappa shape index (κ2) is 5.12. The number of rotatable bonds is 4. The van der Waals surface area contributed by atoms with Crippen LogP contribution in [-0.2, 0) is 0 Å². The summed E-state index contributed by atoms with van der Waals surface area (Å²) in [5, 5.41) is 3.46. The smallest absolute Gasteiger partial charge is 0.233 e. The van der Waals surface area contributed by atoms with E-state index in [0.717, 1.165) is 18.9 Å². The number of hydrogen-bond donors (Lipinski definition) is 1. The Labute approximate surface area is 95.8 Å². The van der Waals surface area contributed by atoms with E-state index in [-0.39, 0.29) is 0 Å². The quantitative estimate of drug-likeness (QED) is 0.811. The van der Waals surface area contributed by atoms with E-state index >= 15 is 0 Å². The van der Waals surface area contributed by atoms with Crippen molar-refractivity contribution in [2.45, 2.75) is 18.9 Å². The van der Waals surface area contributed by atoms with Gasteiger partial charge in [-0.1, -0.05) is 0 Å². The molecular formula is C11H18N4O. The van der Waals surface area contributed by atoms with E-state index in [1.54, 1.807) is 19.5 Å². The molecule has 0 bridgehead atoms. The molecule has 1 aliphatic heterocycles. The van der Waals surface area contributed by atoms with Crippen LogP contribution in [0.15, 0.2) is 12.4 Å². The molecule has 1 aromatic heterocycles. The predicted molar refractivity (Wildman–Crippen MR) is 62.9 cm³/mol. The van der Waals surface area contributed by atoms with Gasteiger partial charge in [-0.05, 0) is 19.4 Å². The SMILES string of the molecule is COc1cncc(N(C)CC2CCCN2)n1. The first-order valence-corrected chi connectivity index (χ1v) is 5.60. The predicted octanol–water partition coefficient (Wildman–Crippen LogP) is 0.673. The summed E-state index contributed by atoms with van der Waals surface area (Å²) < 4.78 is 5.06. The van der Waals surface area contributed by atoms with Crippen molar-refractivity contribution < 1.29 is 4.74 Å². The van der Waals surface area contributed by atoms with Gasteiger partial charge in [0.2, 0.25) is 5.88 Å². The van der Waals surface area contributed by atoms with Crippen molar-refractivity contribution in [2.24, 2.45) is 0 Å². The van der Waals surface area contributed by atoms with E-state index in [2.05, 4.69) is 20.2 Å². The molecule has 1 aromatic rings. The molecule has 0 aromatic carbocycles. The highest BCUT2D eigenvalue weighted by molar-refractivity contribution is 5.36. The summed E-state index contributed by atoms with van der Waals surface area (Å²) in [7, 11) is 3.63. The van der Waals surface area contributed by atoms with E-state index < -0.39 is 0 Å². The third-order valence-electron chi connectivity index (χ3n) is 2.86. The van der Waals surface area contributed by atoms with Crippen LogP contribution >= 0.6 is 0 Å². The number of methoxy groups -OCH3 is 1. The zero-order valence-corrected chi connectivity index (χ0v) is 9.81. The van der Waals surface area contributed by atoms with Crippen LogP contribution in [0.25, 0.3) is 0 Å². The van der Waals surface area contributed by atoms with E-state index in [9.17, 15) is 0 Å². The molecule has 0 amide bonds. The number of likely N-dealkylation sites (N-methyl/N-ethyl adjacent to an activating group) is 1. The second-order valence-electron chi connectivity index (χ2n) is 4.09. The van der Waals surface area contributed by atoms with Gasteiger partial charge >= 0.3 is 0 Å². The summed E-state index contributed by atoms with van der Waals surface area (Å²) in [6, 6.07) is 0.568. The maximum Gasteiger partial charge on any atom is 0.233 e. The van der Waals surface area contributed by atoms with Crippen LogP contribution in [0.5, 0.6) is 5.88 Å². The molecule has 1 unspecified atom stereocenters. The van der Waals surface area contributed by atoms with Gasteiger partial charge in [0, 0.05) is 19.6 Å². The molecule has 0 saturated carbocycles. The minimum atomic E-state index is 0.559. The molecule has 2 rings (SSSR count). The van der Waals surface area contributed by atoms with Crippen molar-refractivity contribution in [1.29, 1.82) is 0 Å². The summed E-state index contributed by atoms with van der Waals surface area (Å²) in [4.78, 5) is 10.6. The minimum absolute atomic E-state index is 0.559. The normalized spacial score (nSPS) is 19.8. The Morgan fingerprint density at radius 3 is 3.12 bits per heavy atom. The van der Waals surface area contributed by atoms with Crippen LogP contribution in [0.4, 0.5) is 5.82 Å². The fourth-order valence-electron chi connectivity index (χ4n) is 1.96. The van der Waals surface area contributed by atoms with Crippen LogP contribution in [0.2, 0.25) is 0 Å². The molecule has 0 radical (unpaired) electrons. The minimum Gasteiger partial charge on any atom is -0.480 e. The molecular weight excluding hydrogens is 204 g/mol. The average molecular weight is 222 g/mol. The summed E-state index contributed by atoms with van der Waals surface area (Å²) in [5.41, 5.74) is 0. The van der Waals surface area contributed by atoms with E-state index in [1.165, 1.54) is 12.8 Å². The number of nitrogens with zero attached hydrogens (tertiary/aromatic N) is 3. The highest BCUT2D eigenvalue weighted by Gasteiger charge is 2.16. The summed E-state index contributed by atoms with van der Waals surface area (Å²) in [6.07, 6.45) is 5.88. The van der Waals surface area contributed by atoms with Crippen LogP contribution < -0.4 is 15.0 Å². The highest BCUT2D eigenvalue weighted by Crippen LogP contribution is 2.14. The fraction of sp³-hybridized carbons (Fsp3) is 0.636. The molecule has 1 N–H and O–H groups in total. The lowest BCUT2D eigenvalue weighted by atomic mass is 10.2. The van der Waals surface area contributed by atoms with Crippen molar-refractivity contribution in [3.05, 3.63) is 12.4 Å². The van der Waals surface area contributed by atoms with Gasteiger partial charge < -0.3 is 15.0 Å². The molecule has 1 saturated heterocycles. The Morgan fingerprint density at radius 1 is 1.56 bits per heavy atom. The molecule has 0 aliphatic carbocycles. The zero-order chi connectivity index (χ0) is 11.4. The van der Waals surface area contributed by atoms with Crippen LogP contribution in [0.3, 0.4) is 0 Å². The Balaban J connectivity index is 1.98. The van der Waals surface area contributed by atoms with Crippen LogP contribution in [0.1, 0.15) is 12.8 Å². The number of aromatic nitrogens is 2. The van der Waals surface area contributed by atoms with Gasteiger partial charge in [0.25, 0.3) is 0 Å². The molecule has 5 nitrogen and oxygen atoms in total. The molecule has 16 heavy (non-hydrogen) atoms. The van der Waals surface area contributed by atoms with Crippen LogP contribution in [-0.4, -0.2) is 43.3 Å². The van der Waals surface area contributed by atoms with Crippen LogP contribution in [0, 0.1) is 0 Å². The van der Waals surface area contributed by atoms with Gasteiger partial charge in [-0.3, -0.25) is 4.98 Å². The summed E-state index contributed by atoms with van der Waals surface area (Å²) >= 11 is 0.